The molecule has 4 aromatic rings. The van der Waals surface area contributed by atoms with Crippen LogP contribution >= 0.6 is 0 Å². The standard InChI is InChI=1S/C35H42N6O5/c1-44-29-20-17-26(22-31(29)45-2)34-37-39-40(38-34)23-32(42)41(28-18-15-25(16-19-28)24-10-5-3-6-11-24)33(30-14-9-21-46-30)35(43)36-27-12-7-4-8-13-27/h9,14-22,24,27,33H,3-8,10-13,23H2,1-2H3,(H,36,43). The van der Waals surface area contributed by atoms with Gasteiger partial charge in [0.2, 0.25) is 5.82 Å². The highest BCUT2D eigenvalue weighted by atomic mass is 16.5. The molecule has 2 aromatic heterocycles. The molecule has 0 bridgehead atoms. The van der Waals surface area contributed by atoms with Crippen molar-refractivity contribution in [1.82, 2.24) is 25.5 Å². The molecule has 1 N–H and O–H groups in total. The molecule has 2 saturated carbocycles. The number of hydrogen-bond donors (Lipinski definition) is 1. The summed E-state index contributed by atoms with van der Waals surface area (Å²) in [6, 6.07) is 15.9. The fraction of sp³-hybridized carbons (Fsp3) is 0.457. The van der Waals surface area contributed by atoms with Crippen molar-refractivity contribution < 1.29 is 23.5 Å². The average molecular weight is 627 g/mol. The van der Waals surface area contributed by atoms with Gasteiger partial charge in [-0.2, -0.15) is 4.80 Å². The first-order valence-electron chi connectivity index (χ1n) is 16.3. The highest BCUT2D eigenvalue weighted by Gasteiger charge is 2.36. The smallest absolute Gasteiger partial charge is 0.251 e. The maximum absolute atomic E-state index is 14.3. The molecule has 2 aliphatic rings. The summed E-state index contributed by atoms with van der Waals surface area (Å²) in [5.41, 5.74) is 2.52. The van der Waals surface area contributed by atoms with E-state index in [1.165, 1.54) is 60.0 Å². The summed E-state index contributed by atoms with van der Waals surface area (Å²) in [6.45, 7) is -0.238. The highest BCUT2D eigenvalue weighted by molar-refractivity contribution is 6.01. The number of amides is 2. The van der Waals surface area contributed by atoms with Crippen LogP contribution in [0.3, 0.4) is 0 Å². The van der Waals surface area contributed by atoms with Crippen molar-refractivity contribution >= 4 is 17.5 Å². The first-order valence-corrected chi connectivity index (χ1v) is 16.3. The summed E-state index contributed by atoms with van der Waals surface area (Å²) in [4.78, 5) is 31.1. The molecule has 2 amide bonds. The molecular weight excluding hydrogens is 584 g/mol. The number of ether oxygens (including phenoxy) is 2. The highest BCUT2D eigenvalue weighted by Crippen LogP contribution is 2.36. The Morgan fingerprint density at radius 2 is 1.65 bits per heavy atom. The Hall–Kier alpha value is -4.67. The summed E-state index contributed by atoms with van der Waals surface area (Å²) in [5.74, 6) is 1.68. The maximum atomic E-state index is 14.3. The molecule has 2 heterocycles. The predicted octanol–water partition coefficient (Wildman–Crippen LogP) is 6.22. The van der Waals surface area contributed by atoms with Crippen LogP contribution in [0.15, 0.2) is 65.3 Å². The van der Waals surface area contributed by atoms with Gasteiger partial charge in [-0.15, -0.1) is 10.2 Å². The summed E-state index contributed by atoms with van der Waals surface area (Å²) in [6.07, 6.45) is 12.8. The Kier molecular flexibility index (Phi) is 9.95. The molecule has 46 heavy (non-hydrogen) atoms. The Bertz CT molecular complexity index is 1590. The van der Waals surface area contributed by atoms with Gasteiger partial charge in [0.15, 0.2) is 17.5 Å². The van der Waals surface area contributed by atoms with Crippen LogP contribution in [0.5, 0.6) is 11.5 Å². The molecule has 11 nitrogen and oxygen atoms in total. The predicted molar refractivity (Wildman–Crippen MR) is 173 cm³/mol. The van der Waals surface area contributed by atoms with Crippen molar-refractivity contribution in [3.63, 3.8) is 0 Å². The molecular formula is C35H42N6O5. The lowest BCUT2D eigenvalue weighted by molar-refractivity contribution is -0.128. The van der Waals surface area contributed by atoms with E-state index in [2.05, 4.69) is 32.9 Å². The second kappa shape index (κ2) is 14.6. The summed E-state index contributed by atoms with van der Waals surface area (Å²) in [7, 11) is 3.12. The summed E-state index contributed by atoms with van der Waals surface area (Å²) < 4.78 is 16.6. The molecule has 0 saturated heterocycles. The molecule has 2 aromatic carbocycles. The van der Waals surface area contributed by atoms with Crippen molar-refractivity contribution in [2.75, 3.05) is 19.1 Å². The second-order valence-corrected chi connectivity index (χ2v) is 12.2. The van der Waals surface area contributed by atoms with Gasteiger partial charge in [0.05, 0.1) is 20.5 Å². The lowest BCUT2D eigenvalue weighted by atomic mass is 9.84. The monoisotopic (exact) mass is 626 g/mol. The maximum Gasteiger partial charge on any atom is 0.251 e. The zero-order valence-corrected chi connectivity index (χ0v) is 26.6. The third-order valence-electron chi connectivity index (χ3n) is 9.16. The van der Waals surface area contributed by atoms with Crippen LogP contribution in [0.25, 0.3) is 11.4 Å². The van der Waals surface area contributed by atoms with Crippen molar-refractivity contribution in [2.45, 2.75) is 88.8 Å². The third kappa shape index (κ3) is 7.08. The average Bonchev–Trinajstić information content (AvgIpc) is 3.81. The number of carbonyl (C=O) groups is 2. The number of anilines is 1. The zero-order valence-electron chi connectivity index (χ0n) is 26.6. The van der Waals surface area contributed by atoms with Crippen LogP contribution in [0.4, 0.5) is 5.69 Å². The van der Waals surface area contributed by atoms with Gasteiger partial charge in [-0.3, -0.25) is 14.5 Å². The van der Waals surface area contributed by atoms with Crippen LogP contribution in [0.1, 0.15) is 87.5 Å². The fourth-order valence-corrected chi connectivity index (χ4v) is 6.73. The van der Waals surface area contributed by atoms with Gasteiger partial charge in [0.1, 0.15) is 12.3 Å². The van der Waals surface area contributed by atoms with E-state index in [9.17, 15) is 9.59 Å². The van der Waals surface area contributed by atoms with Crippen molar-refractivity contribution in [2.24, 2.45) is 0 Å². The largest absolute Gasteiger partial charge is 0.493 e. The first kappa shape index (κ1) is 31.3. The number of carbonyl (C=O) groups excluding carboxylic acids is 2. The van der Waals surface area contributed by atoms with Gasteiger partial charge in [-0.25, -0.2) is 0 Å². The molecule has 0 aliphatic heterocycles. The molecule has 1 atom stereocenters. The lowest BCUT2D eigenvalue weighted by Gasteiger charge is -2.32. The van der Waals surface area contributed by atoms with Gasteiger partial charge >= 0.3 is 0 Å². The Morgan fingerprint density at radius 3 is 2.33 bits per heavy atom. The molecule has 242 valence electrons. The Labute approximate surface area is 269 Å². The van der Waals surface area contributed by atoms with E-state index in [0.29, 0.717) is 40.3 Å². The molecule has 0 spiro atoms. The topological polar surface area (TPSA) is 125 Å². The van der Waals surface area contributed by atoms with Crippen molar-refractivity contribution in [3.05, 3.63) is 72.2 Å². The minimum Gasteiger partial charge on any atom is -0.493 e. The van der Waals surface area contributed by atoms with Gasteiger partial charge in [-0.1, -0.05) is 50.7 Å². The third-order valence-corrected chi connectivity index (χ3v) is 9.16. The number of aromatic nitrogens is 4. The summed E-state index contributed by atoms with van der Waals surface area (Å²) >= 11 is 0. The number of hydrogen-bond acceptors (Lipinski definition) is 8. The van der Waals surface area contributed by atoms with E-state index in [-0.39, 0.29) is 24.4 Å². The van der Waals surface area contributed by atoms with Gasteiger partial charge < -0.3 is 19.2 Å². The fourth-order valence-electron chi connectivity index (χ4n) is 6.73. The minimum absolute atomic E-state index is 0.0605. The summed E-state index contributed by atoms with van der Waals surface area (Å²) in [5, 5.41) is 16.1. The van der Waals surface area contributed by atoms with Crippen molar-refractivity contribution in [1.29, 1.82) is 0 Å². The minimum atomic E-state index is -1.02. The van der Waals surface area contributed by atoms with E-state index >= 15 is 0 Å². The number of nitrogens with zero attached hydrogens (tertiary/aromatic N) is 5. The molecule has 2 fully saturated rings. The van der Waals surface area contributed by atoms with Gasteiger partial charge in [0.25, 0.3) is 11.8 Å². The SMILES string of the molecule is COc1ccc(-c2nnn(CC(=O)N(c3ccc(C4CCCCC4)cc3)C(C(=O)NC3CCCCC3)c3ccco3)n2)cc1OC. The van der Waals surface area contributed by atoms with E-state index < -0.39 is 6.04 Å². The van der Waals surface area contributed by atoms with E-state index in [1.54, 1.807) is 44.6 Å². The Morgan fingerprint density at radius 1 is 0.935 bits per heavy atom. The number of benzene rings is 2. The number of nitrogens with one attached hydrogen (secondary N) is 1. The number of methoxy groups -OCH3 is 2. The van der Waals surface area contributed by atoms with E-state index in [1.807, 2.05) is 12.1 Å². The molecule has 1 unspecified atom stereocenters. The van der Waals surface area contributed by atoms with Crippen LogP contribution in [0, 0.1) is 0 Å². The molecule has 11 heteroatoms. The van der Waals surface area contributed by atoms with Crippen molar-refractivity contribution in [3.8, 4) is 22.9 Å². The second-order valence-electron chi connectivity index (χ2n) is 12.2. The molecule has 6 rings (SSSR count). The van der Waals surface area contributed by atoms with Gasteiger partial charge in [0, 0.05) is 17.3 Å². The number of furan rings is 1. The first-order chi connectivity index (χ1) is 22.5. The number of rotatable bonds is 11. The van der Waals surface area contributed by atoms with Crippen LogP contribution in [0.2, 0.25) is 0 Å². The normalized spacial score (nSPS) is 16.5. The quantitative estimate of drug-likeness (QED) is 0.208. The van der Waals surface area contributed by atoms with E-state index in [0.717, 1.165) is 25.7 Å². The van der Waals surface area contributed by atoms with Crippen LogP contribution in [-0.2, 0) is 16.1 Å². The molecule has 0 radical (unpaired) electrons. The molecule has 2 aliphatic carbocycles. The van der Waals surface area contributed by atoms with Crippen LogP contribution < -0.4 is 19.7 Å². The zero-order chi connectivity index (χ0) is 31.9. The van der Waals surface area contributed by atoms with E-state index in [4.69, 9.17) is 13.9 Å². The lowest BCUT2D eigenvalue weighted by Crippen LogP contribution is -2.48. The number of tetrazole rings is 1. The van der Waals surface area contributed by atoms with Gasteiger partial charge in [-0.05, 0) is 84.8 Å². The van der Waals surface area contributed by atoms with Crippen LogP contribution in [-0.4, -0.2) is 52.3 Å². The Balaban J connectivity index is 1.31.